The highest BCUT2D eigenvalue weighted by Gasteiger charge is 2.34. The Labute approximate surface area is 192 Å². The van der Waals surface area contributed by atoms with Gasteiger partial charge in [-0.3, -0.25) is 9.59 Å². The molecule has 1 fully saturated rings. The summed E-state index contributed by atoms with van der Waals surface area (Å²) in [5.74, 6) is -1.04. The van der Waals surface area contributed by atoms with Gasteiger partial charge in [0.05, 0.1) is 12.0 Å². The molecule has 11 heteroatoms. The zero-order valence-electron chi connectivity index (χ0n) is 18.1. The maximum atomic E-state index is 13.4. The normalized spacial score (nSPS) is 16.6. The van der Waals surface area contributed by atoms with Gasteiger partial charge in [-0.25, -0.2) is 4.39 Å². The number of piperazine rings is 1. The summed E-state index contributed by atoms with van der Waals surface area (Å²) in [5.41, 5.74) is -0.558. The summed E-state index contributed by atoms with van der Waals surface area (Å²) < 4.78 is 57.5. The number of alkyl halides is 3. The van der Waals surface area contributed by atoms with E-state index in [-0.39, 0.29) is 49.2 Å². The summed E-state index contributed by atoms with van der Waals surface area (Å²) in [4.78, 5) is 32.7. The smallest absolute Gasteiger partial charge is 0.338 e. The van der Waals surface area contributed by atoms with Gasteiger partial charge in [-0.05, 0) is 43.3 Å². The molecular formula is C23H20F4N4O3. The van der Waals surface area contributed by atoms with Gasteiger partial charge in [-0.1, -0.05) is 17.3 Å². The quantitative estimate of drug-likeness (QED) is 0.535. The summed E-state index contributed by atoms with van der Waals surface area (Å²) in [5, 5.41) is 3.77. The molecule has 0 N–H and O–H groups in total. The van der Waals surface area contributed by atoms with Crippen molar-refractivity contribution in [3.63, 3.8) is 0 Å². The third-order valence-corrected chi connectivity index (χ3v) is 5.53. The number of benzene rings is 2. The molecule has 4 rings (SSSR count). The fraction of sp³-hybridized carbons (Fsp3) is 0.304. The van der Waals surface area contributed by atoms with Crippen molar-refractivity contribution >= 4 is 11.8 Å². The predicted molar refractivity (Wildman–Crippen MR) is 112 cm³/mol. The number of aromatic nitrogens is 2. The first kappa shape index (κ1) is 23.4. The van der Waals surface area contributed by atoms with Crippen LogP contribution < -0.4 is 0 Å². The Morgan fingerprint density at radius 3 is 2.59 bits per heavy atom. The Hall–Kier alpha value is -3.76. The summed E-state index contributed by atoms with van der Waals surface area (Å²) in [6.07, 6.45) is -4.69. The maximum Gasteiger partial charge on any atom is 0.416 e. The Morgan fingerprint density at radius 1 is 1.12 bits per heavy atom. The lowest BCUT2D eigenvalue weighted by molar-refractivity contribution is -0.137. The van der Waals surface area contributed by atoms with Crippen LogP contribution in [0.3, 0.4) is 0 Å². The van der Waals surface area contributed by atoms with Crippen LogP contribution in [0.5, 0.6) is 0 Å². The van der Waals surface area contributed by atoms with E-state index in [0.717, 1.165) is 12.1 Å². The summed E-state index contributed by atoms with van der Waals surface area (Å²) in [6.45, 7) is 2.31. The van der Waals surface area contributed by atoms with Crippen molar-refractivity contribution in [1.82, 2.24) is 19.9 Å². The van der Waals surface area contributed by atoms with Crippen LogP contribution in [0.15, 0.2) is 53.1 Å². The van der Waals surface area contributed by atoms with E-state index >= 15 is 0 Å². The van der Waals surface area contributed by atoms with Gasteiger partial charge >= 0.3 is 6.18 Å². The third-order valence-electron chi connectivity index (χ3n) is 5.53. The molecule has 3 aromatic rings. The van der Waals surface area contributed by atoms with Gasteiger partial charge in [0.25, 0.3) is 11.8 Å². The van der Waals surface area contributed by atoms with Gasteiger partial charge < -0.3 is 14.3 Å². The van der Waals surface area contributed by atoms with Gasteiger partial charge in [0, 0.05) is 36.8 Å². The first-order valence-electron chi connectivity index (χ1n) is 10.5. The molecule has 0 saturated carbocycles. The Kier molecular flexibility index (Phi) is 6.36. The SMILES string of the molecule is CC1CN(C(=O)Cc2noc(-c3cccc(F)c3)n2)CCN1C(=O)c1cccc(C(F)(F)F)c1. The van der Waals surface area contributed by atoms with E-state index in [1.54, 1.807) is 17.9 Å². The summed E-state index contributed by atoms with van der Waals surface area (Å²) in [7, 11) is 0. The Balaban J connectivity index is 1.38. The molecule has 2 heterocycles. The van der Waals surface area contributed by atoms with Crippen molar-refractivity contribution in [2.75, 3.05) is 19.6 Å². The van der Waals surface area contributed by atoms with Gasteiger partial charge in [0.15, 0.2) is 5.82 Å². The van der Waals surface area contributed by atoms with E-state index in [9.17, 15) is 27.2 Å². The number of halogens is 4. The third kappa shape index (κ3) is 5.08. The minimum Gasteiger partial charge on any atom is -0.338 e. The molecule has 2 amide bonds. The largest absolute Gasteiger partial charge is 0.416 e. The van der Waals surface area contributed by atoms with Crippen molar-refractivity contribution < 1.29 is 31.7 Å². The van der Waals surface area contributed by atoms with E-state index in [1.807, 2.05) is 0 Å². The lowest BCUT2D eigenvalue weighted by atomic mass is 10.1. The Bertz CT molecular complexity index is 1210. The summed E-state index contributed by atoms with van der Waals surface area (Å²) >= 11 is 0. The van der Waals surface area contributed by atoms with E-state index in [0.29, 0.717) is 5.56 Å². The van der Waals surface area contributed by atoms with Gasteiger partial charge in [0.2, 0.25) is 5.91 Å². The van der Waals surface area contributed by atoms with Gasteiger partial charge in [0.1, 0.15) is 5.82 Å². The lowest BCUT2D eigenvalue weighted by Gasteiger charge is -2.40. The van der Waals surface area contributed by atoms with Gasteiger partial charge in [-0.2, -0.15) is 18.2 Å². The fourth-order valence-electron chi connectivity index (χ4n) is 3.79. The average Bonchev–Trinajstić information content (AvgIpc) is 3.26. The molecule has 1 unspecified atom stereocenters. The van der Waals surface area contributed by atoms with Crippen molar-refractivity contribution in [1.29, 1.82) is 0 Å². The van der Waals surface area contributed by atoms with Crippen LogP contribution in [0.1, 0.15) is 28.7 Å². The molecule has 1 saturated heterocycles. The fourth-order valence-corrected chi connectivity index (χ4v) is 3.79. The van der Waals surface area contributed by atoms with Crippen LogP contribution in [0, 0.1) is 5.82 Å². The van der Waals surface area contributed by atoms with E-state index in [4.69, 9.17) is 4.52 Å². The van der Waals surface area contributed by atoms with Crippen LogP contribution in [0.25, 0.3) is 11.5 Å². The molecule has 178 valence electrons. The van der Waals surface area contributed by atoms with Crippen LogP contribution in [0.2, 0.25) is 0 Å². The zero-order chi connectivity index (χ0) is 24.5. The number of nitrogens with zero attached hydrogens (tertiary/aromatic N) is 4. The van der Waals surface area contributed by atoms with E-state index < -0.39 is 29.5 Å². The summed E-state index contributed by atoms with van der Waals surface area (Å²) in [6, 6.07) is 9.49. The highest BCUT2D eigenvalue weighted by Crippen LogP contribution is 2.30. The second-order valence-corrected chi connectivity index (χ2v) is 7.97. The van der Waals surface area contributed by atoms with Crippen molar-refractivity contribution in [2.45, 2.75) is 25.6 Å². The highest BCUT2D eigenvalue weighted by atomic mass is 19.4. The number of hydrogen-bond acceptors (Lipinski definition) is 5. The topological polar surface area (TPSA) is 79.5 Å². The minimum absolute atomic E-state index is 0.0573. The molecule has 2 aromatic carbocycles. The Morgan fingerprint density at radius 2 is 1.88 bits per heavy atom. The maximum absolute atomic E-state index is 13.4. The first-order valence-corrected chi connectivity index (χ1v) is 10.5. The molecule has 1 aliphatic rings. The molecule has 0 aliphatic carbocycles. The zero-order valence-corrected chi connectivity index (χ0v) is 18.1. The van der Waals surface area contributed by atoms with Crippen molar-refractivity contribution in [3.8, 4) is 11.5 Å². The van der Waals surface area contributed by atoms with Crippen LogP contribution >= 0.6 is 0 Å². The van der Waals surface area contributed by atoms with Crippen LogP contribution in [0.4, 0.5) is 17.6 Å². The molecule has 34 heavy (non-hydrogen) atoms. The van der Waals surface area contributed by atoms with Gasteiger partial charge in [-0.15, -0.1) is 0 Å². The standard InChI is InChI=1S/C23H20F4N4O3/c1-14-13-30(8-9-31(14)22(33)16-5-2-6-17(10-16)23(25,26)27)20(32)12-19-28-21(34-29-19)15-4-3-7-18(24)11-15/h2-7,10-11,14H,8-9,12-13H2,1H3. The lowest BCUT2D eigenvalue weighted by Crippen LogP contribution is -2.55. The van der Waals surface area contributed by atoms with Crippen LogP contribution in [-0.2, 0) is 17.4 Å². The van der Waals surface area contributed by atoms with E-state index in [2.05, 4.69) is 10.1 Å². The number of carbonyl (C=O) groups is 2. The number of amides is 2. The number of carbonyl (C=O) groups excluding carboxylic acids is 2. The highest BCUT2D eigenvalue weighted by molar-refractivity contribution is 5.95. The first-order chi connectivity index (χ1) is 16.1. The molecule has 1 aromatic heterocycles. The molecule has 0 spiro atoms. The molecular weight excluding hydrogens is 456 g/mol. The number of hydrogen-bond donors (Lipinski definition) is 0. The minimum atomic E-state index is -4.54. The van der Waals surface area contributed by atoms with Crippen LogP contribution in [-0.4, -0.2) is 57.4 Å². The number of rotatable bonds is 4. The molecule has 1 aliphatic heterocycles. The molecule has 0 bridgehead atoms. The monoisotopic (exact) mass is 476 g/mol. The second-order valence-electron chi connectivity index (χ2n) is 7.97. The predicted octanol–water partition coefficient (Wildman–Crippen LogP) is 3.81. The molecule has 1 atom stereocenters. The molecule has 0 radical (unpaired) electrons. The van der Waals surface area contributed by atoms with E-state index in [1.165, 1.54) is 35.2 Å². The molecule has 7 nitrogen and oxygen atoms in total. The van der Waals surface area contributed by atoms with Crippen molar-refractivity contribution in [3.05, 3.63) is 71.3 Å². The average molecular weight is 476 g/mol. The second kappa shape index (κ2) is 9.24. The van der Waals surface area contributed by atoms with Crippen molar-refractivity contribution in [2.24, 2.45) is 0 Å².